The number of fused-ring (bicyclic) bond motifs is 4. The van der Waals surface area contributed by atoms with Crippen LogP contribution < -0.4 is 10.6 Å². The van der Waals surface area contributed by atoms with Crippen LogP contribution in [0, 0.1) is 0 Å². The summed E-state index contributed by atoms with van der Waals surface area (Å²) >= 11 is 19.7. The van der Waals surface area contributed by atoms with Crippen molar-refractivity contribution in [1.82, 2.24) is 4.98 Å². The number of nitrogens with two attached hydrogens (primary N) is 1. The van der Waals surface area contributed by atoms with Crippen molar-refractivity contribution in [2.75, 3.05) is 10.6 Å². The monoisotopic (exact) mass is 641 g/mol. The Labute approximate surface area is 264 Å². The molecule has 43 heavy (non-hydrogen) atoms. The smallest absolute Gasteiger partial charge is 0.266 e. The Hall–Kier alpha value is -4.27. The fourth-order valence-corrected chi connectivity index (χ4v) is 6.98. The first kappa shape index (κ1) is 27.6. The van der Waals surface area contributed by atoms with Crippen LogP contribution in [0.25, 0.3) is 43.4 Å². The molecule has 3 heterocycles. The second-order valence-corrected chi connectivity index (χ2v) is 12.4. The molecule has 0 fully saturated rings. The minimum atomic E-state index is -0.514. The molecule has 2 aromatic heterocycles. The van der Waals surface area contributed by atoms with Crippen molar-refractivity contribution >= 4 is 96.2 Å². The first-order valence-electron chi connectivity index (χ1n) is 13.0. The van der Waals surface area contributed by atoms with Crippen LogP contribution in [0.5, 0.6) is 0 Å². The molecule has 0 bridgehead atoms. The zero-order valence-electron chi connectivity index (χ0n) is 22.2. The zero-order chi connectivity index (χ0) is 30.2. The summed E-state index contributed by atoms with van der Waals surface area (Å²) in [6.07, 6.45) is 0. The van der Waals surface area contributed by atoms with Gasteiger partial charge >= 0.3 is 0 Å². The number of Topliss-reactive ketones (excluding diaryl/α,β-unsaturated/α-hetero) is 1. The number of carbonyl (C=O) groups is 3. The third kappa shape index (κ3) is 4.31. The summed E-state index contributed by atoms with van der Waals surface area (Å²) < 4.78 is 0. The molecule has 1 aliphatic heterocycles. The Morgan fingerprint density at radius 1 is 0.744 bits per heavy atom. The van der Waals surface area contributed by atoms with Crippen LogP contribution >= 0.6 is 46.1 Å². The number of hydrogen-bond acceptors (Lipinski definition) is 6. The molecule has 2 amide bonds. The van der Waals surface area contributed by atoms with E-state index in [1.165, 1.54) is 18.3 Å². The van der Waals surface area contributed by atoms with E-state index in [2.05, 4.69) is 0 Å². The summed E-state index contributed by atoms with van der Waals surface area (Å²) in [4.78, 5) is 48.2. The Kier molecular flexibility index (Phi) is 6.52. The molecule has 2 N–H and O–H groups in total. The molecule has 1 aliphatic rings. The van der Waals surface area contributed by atoms with Crippen LogP contribution in [0.1, 0.15) is 37.3 Å². The molecule has 10 heteroatoms. The van der Waals surface area contributed by atoms with E-state index in [0.29, 0.717) is 69.0 Å². The number of benzene rings is 4. The van der Waals surface area contributed by atoms with Crippen LogP contribution in [0.4, 0.5) is 11.4 Å². The molecular weight excluding hydrogens is 625 g/mol. The van der Waals surface area contributed by atoms with Crippen molar-refractivity contribution in [2.24, 2.45) is 0 Å². The average Bonchev–Trinajstić information content (AvgIpc) is 3.46. The molecule has 0 aliphatic carbocycles. The third-order valence-electron chi connectivity index (χ3n) is 7.48. The number of aromatic nitrogens is 1. The SMILES string of the molecule is CC(=O)c1sc2nc3cc(-c4ccc(Cl)cc4)c4c(c3c(-c3ccc(Cl)cc3)c2c1N)C(=O)N(c1ccc(Cl)cc1)C4=O. The van der Waals surface area contributed by atoms with Crippen LogP contribution in [-0.2, 0) is 0 Å². The molecule has 0 atom stereocenters. The lowest BCUT2D eigenvalue weighted by atomic mass is 9.88. The molecule has 0 saturated heterocycles. The fourth-order valence-electron chi connectivity index (χ4n) is 5.60. The van der Waals surface area contributed by atoms with Crippen molar-refractivity contribution in [3.8, 4) is 22.3 Å². The number of nitrogen functional groups attached to an aromatic ring is 1. The van der Waals surface area contributed by atoms with Crippen molar-refractivity contribution in [3.05, 3.63) is 110 Å². The molecule has 0 saturated carbocycles. The van der Waals surface area contributed by atoms with Gasteiger partial charge in [-0.25, -0.2) is 9.88 Å². The van der Waals surface area contributed by atoms with E-state index in [9.17, 15) is 14.4 Å². The molecule has 7 rings (SSSR count). The number of hydrogen-bond donors (Lipinski definition) is 1. The number of amides is 2. The van der Waals surface area contributed by atoms with Gasteiger partial charge in [0.05, 0.1) is 32.9 Å². The van der Waals surface area contributed by atoms with Gasteiger partial charge in [-0.2, -0.15) is 0 Å². The zero-order valence-corrected chi connectivity index (χ0v) is 25.3. The van der Waals surface area contributed by atoms with E-state index in [4.69, 9.17) is 45.5 Å². The minimum Gasteiger partial charge on any atom is -0.397 e. The van der Waals surface area contributed by atoms with Crippen LogP contribution in [-0.4, -0.2) is 22.6 Å². The van der Waals surface area contributed by atoms with E-state index in [1.807, 2.05) is 12.1 Å². The summed E-state index contributed by atoms with van der Waals surface area (Å²) in [7, 11) is 0. The first-order valence-corrected chi connectivity index (χ1v) is 15.0. The lowest BCUT2D eigenvalue weighted by Gasteiger charge is -2.15. The molecular formula is C33H18Cl3N3O3S. The van der Waals surface area contributed by atoms with Crippen molar-refractivity contribution in [2.45, 2.75) is 6.92 Å². The predicted octanol–water partition coefficient (Wildman–Crippen LogP) is 9.33. The quantitative estimate of drug-likeness (QED) is 0.153. The van der Waals surface area contributed by atoms with Crippen molar-refractivity contribution < 1.29 is 14.4 Å². The fraction of sp³-hybridized carbons (Fsp3) is 0.0303. The number of rotatable bonds is 4. The maximum absolute atomic E-state index is 14.4. The van der Waals surface area contributed by atoms with Gasteiger partial charge in [-0.15, -0.1) is 11.3 Å². The lowest BCUT2D eigenvalue weighted by molar-refractivity contribution is 0.0925. The van der Waals surface area contributed by atoms with Crippen LogP contribution in [0.2, 0.25) is 15.1 Å². The number of pyridine rings is 1. The van der Waals surface area contributed by atoms with Gasteiger partial charge in [0.25, 0.3) is 11.8 Å². The number of thiophene rings is 1. The van der Waals surface area contributed by atoms with Gasteiger partial charge in [0.15, 0.2) is 5.78 Å². The summed E-state index contributed by atoms with van der Waals surface area (Å²) in [5, 5.41) is 2.52. The van der Waals surface area contributed by atoms with Crippen molar-refractivity contribution in [3.63, 3.8) is 0 Å². The highest BCUT2D eigenvalue weighted by molar-refractivity contribution is 7.21. The summed E-state index contributed by atoms with van der Waals surface area (Å²) in [5.41, 5.74) is 10.7. The van der Waals surface area contributed by atoms with E-state index in [1.54, 1.807) is 66.7 Å². The van der Waals surface area contributed by atoms with Crippen LogP contribution in [0.3, 0.4) is 0 Å². The molecule has 0 unspecified atom stereocenters. The summed E-state index contributed by atoms with van der Waals surface area (Å²) in [6, 6.07) is 22.4. The Morgan fingerprint density at radius 3 is 1.86 bits per heavy atom. The second kappa shape index (κ2) is 10.2. The first-order chi connectivity index (χ1) is 20.6. The highest BCUT2D eigenvalue weighted by atomic mass is 35.5. The standard InChI is InChI=1S/C33H18Cl3N3O3S/c1-15(40)30-29(37)28-24(17-4-8-19(35)9-5-17)26-23(38-31(28)43-30)14-22(16-2-6-18(34)7-3-16)25-27(26)33(42)39(32(25)41)21-12-10-20(36)11-13-21/h2-14H,37H2,1H3. The third-order valence-corrected chi connectivity index (χ3v) is 9.44. The number of imide groups is 1. The normalized spacial score (nSPS) is 12.9. The van der Waals surface area contributed by atoms with Gasteiger partial charge in [0.2, 0.25) is 0 Å². The molecule has 4 aromatic carbocycles. The Bertz CT molecular complexity index is 2180. The van der Waals surface area contributed by atoms with Gasteiger partial charge in [0, 0.05) is 38.3 Å². The van der Waals surface area contributed by atoms with E-state index < -0.39 is 11.8 Å². The van der Waals surface area contributed by atoms with Gasteiger partial charge in [-0.05, 0) is 71.3 Å². The average molecular weight is 643 g/mol. The van der Waals surface area contributed by atoms with Gasteiger partial charge in [-0.3, -0.25) is 14.4 Å². The van der Waals surface area contributed by atoms with E-state index >= 15 is 0 Å². The maximum Gasteiger partial charge on any atom is 0.266 e. The molecule has 6 nitrogen and oxygen atoms in total. The number of anilines is 2. The van der Waals surface area contributed by atoms with Gasteiger partial charge in [-0.1, -0.05) is 59.1 Å². The van der Waals surface area contributed by atoms with E-state index in [-0.39, 0.29) is 22.6 Å². The number of carbonyl (C=O) groups excluding carboxylic acids is 3. The molecule has 0 spiro atoms. The summed E-state index contributed by atoms with van der Waals surface area (Å²) in [5.74, 6) is -1.20. The highest BCUT2D eigenvalue weighted by Gasteiger charge is 2.42. The summed E-state index contributed by atoms with van der Waals surface area (Å²) in [6.45, 7) is 1.45. The maximum atomic E-state index is 14.4. The topological polar surface area (TPSA) is 93.4 Å². The molecule has 6 aromatic rings. The van der Waals surface area contributed by atoms with E-state index in [0.717, 1.165) is 4.90 Å². The van der Waals surface area contributed by atoms with Gasteiger partial charge in [0.1, 0.15) is 4.83 Å². The molecule has 210 valence electrons. The number of nitrogens with zero attached hydrogens (tertiary/aromatic N) is 2. The predicted molar refractivity (Wildman–Crippen MR) is 175 cm³/mol. The largest absolute Gasteiger partial charge is 0.397 e. The Morgan fingerprint density at radius 2 is 1.28 bits per heavy atom. The minimum absolute atomic E-state index is 0.191. The van der Waals surface area contributed by atoms with Crippen molar-refractivity contribution in [1.29, 1.82) is 0 Å². The van der Waals surface area contributed by atoms with Crippen LogP contribution in [0.15, 0.2) is 78.9 Å². The number of halogens is 3. The highest BCUT2D eigenvalue weighted by Crippen LogP contribution is 2.48. The lowest BCUT2D eigenvalue weighted by Crippen LogP contribution is -2.29. The van der Waals surface area contributed by atoms with Gasteiger partial charge < -0.3 is 5.73 Å². The Balaban J connectivity index is 1.66. The second-order valence-electron chi connectivity index (χ2n) is 10.1. The molecule has 0 radical (unpaired) electrons. The number of ketones is 1.